The lowest BCUT2D eigenvalue weighted by Gasteiger charge is -2.37. The van der Waals surface area contributed by atoms with Gasteiger partial charge >= 0.3 is 5.97 Å². The van der Waals surface area contributed by atoms with E-state index in [1.54, 1.807) is 52.9 Å². The molecule has 1 aromatic heterocycles. The van der Waals surface area contributed by atoms with Crippen LogP contribution in [0.5, 0.6) is 5.75 Å². The summed E-state index contributed by atoms with van der Waals surface area (Å²) < 4.78 is 55.6. The lowest BCUT2D eigenvalue weighted by atomic mass is 9.79. The number of hydrogen-bond donors (Lipinski definition) is 1. The fraction of sp³-hybridized carbons (Fsp3) is 0.333. The van der Waals surface area contributed by atoms with Crippen molar-refractivity contribution >= 4 is 32.6 Å². The molecule has 2 aliphatic heterocycles. The second-order valence-corrected chi connectivity index (χ2v) is 14.1. The SMILES string of the molecule is Cc1c(-c2ccc3c4c(ccnc24)CCO3)c([C@H](OC(C)(C)C)C(=O)O)c(C)c2c1-c1c(F)cccc1CN2S(C)(=O)=O. The van der Waals surface area contributed by atoms with Crippen molar-refractivity contribution < 1.29 is 32.2 Å². The van der Waals surface area contributed by atoms with Gasteiger partial charge in [0.1, 0.15) is 11.6 Å². The van der Waals surface area contributed by atoms with Crippen molar-refractivity contribution in [1.29, 1.82) is 0 Å². The number of nitrogens with zero attached hydrogens (tertiary/aromatic N) is 2. The number of carboxylic acids is 1. The minimum Gasteiger partial charge on any atom is -0.493 e. The number of fused-ring (bicyclic) bond motifs is 3. The van der Waals surface area contributed by atoms with E-state index in [9.17, 15) is 18.3 Å². The van der Waals surface area contributed by atoms with E-state index in [1.807, 2.05) is 18.2 Å². The van der Waals surface area contributed by atoms with Gasteiger partial charge < -0.3 is 14.6 Å². The minimum atomic E-state index is -3.86. The molecule has 0 unspecified atom stereocenters. The number of pyridine rings is 1. The van der Waals surface area contributed by atoms with Gasteiger partial charge in [0.15, 0.2) is 6.10 Å². The number of rotatable bonds is 5. The Morgan fingerprint density at radius 2 is 1.81 bits per heavy atom. The van der Waals surface area contributed by atoms with E-state index >= 15 is 4.39 Å². The van der Waals surface area contributed by atoms with Crippen molar-refractivity contribution in [2.24, 2.45) is 0 Å². The Bertz CT molecular complexity index is 1940. The lowest BCUT2D eigenvalue weighted by Crippen LogP contribution is -2.35. The molecule has 10 heteroatoms. The van der Waals surface area contributed by atoms with Crippen molar-refractivity contribution in [3.63, 3.8) is 0 Å². The Labute approximate surface area is 250 Å². The number of sulfonamides is 1. The quantitative estimate of drug-likeness (QED) is 0.278. The van der Waals surface area contributed by atoms with Crippen LogP contribution in [-0.2, 0) is 32.5 Å². The van der Waals surface area contributed by atoms with Gasteiger partial charge in [0.2, 0.25) is 10.0 Å². The van der Waals surface area contributed by atoms with Gasteiger partial charge in [0.25, 0.3) is 0 Å². The van der Waals surface area contributed by atoms with Gasteiger partial charge in [-0.1, -0.05) is 12.1 Å². The summed E-state index contributed by atoms with van der Waals surface area (Å²) in [6, 6.07) is 10.3. The van der Waals surface area contributed by atoms with Gasteiger partial charge in [-0.25, -0.2) is 17.6 Å². The summed E-state index contributed by atoms with van der Waals surface area (Å²) in [4.78, 5) is 17.7. The number of halogens is 1. The highest BCUT2D eigenvalue weighted by atomic mass is 32.2. The first-order valence-electron chi connectivity index (χ1n) is 14.1. The Balaban J connectivity index is 1.83. The summed E-state index contributed by atoms with van der Waals surface area (Å²) in [7, 11) is -3.86. The largest absolute Gasteiger partial charge is 0.493 e. The molecule has 1 N–H and O–H groups in total. The minimum absolute atomic E-state index is 0.0876. The van der Waals surface area contributed by atoms with Crippen LogP contribution in [-0.4, -0.2) is 42.9 Å². The van der Waals surface area contributed by atoms with Crippen LogP contribution in [0.2, 0.25) is 0 Å². The van der Waals surface area contributed by atoms with Crippen LogP contribution in [0.4, 0.5) is 10.1 Å². The summed E-state index contributed by atoms with van der Waals surface area (Å²) in [5.41, 5.74) is 4.62. The molecule has 3 aromatic carbocycles. The molecule has 0 aliphatic carbocycles. The van der Waals surface area contributed by atoms with Crippen molar-refractivity contribution in [1.82, 2.24) is 4.98 Å². The number of benzene rings is 3. The maximum absolute atomic E-state index is 15.7. The Morgan fingerprint density at radius 1 is 1.07 bits per heavy atom. The third-order valence-corrected chi connectivity index (χ3v) is 9.24. The van der Waals surface area contributed by atoms with Crippen LogP contribution in [0.25, 0.3) is 33.2 Å². The maximum Gasteiger partial charge on any atom is 0.337 e. The third kappa shape index (κ3) is 4.73. The zero-order valence-corrected chi connectivity index (χ0v) is 25.7. The number of aliphatic carboxylic acids is 1. The fourth-order valence-electron chi connectivity index (χ4n) is 6.49. The molecule has 0 spiro atoms. The third-order valence-electron chi connectivity index (χ3n) is 8.13. The van der Waals surface area contributed by atoms with E-state index in [1.165, 1.54) is 10.4 Å². The van der Waals surface area contributed by atoms with E-state index in [-0.39, 0.29) is 12.2 Å². The highest BCUT2D eigenvalue weighted by Crippen LogP contribution is 2.53. The van der Waals surface area contributed by atoms with E-state index in [4.69, 9.17) is 14.5 Å². The Hall–Kier alpha value is -4.02. The molecule has 0 saturated carbocycles. The molecule has 43 heavy (non-hydrogen) atoms. The number of hydrogen-bond acceptors (Lipinski definition) is 6. The van der Waals surface area contributed by atoms with E-state index < -0.39 is 33.5 Å². The molecule has 0 amide bonds. The topological polar surface area (TPSA) is 106 Å². The molecule has 4 aromatic rings. The maximum atomic E-state index is 15.7. The first-order chi connectivity index (χ1) is 20.2. The van der Waals surface area contributed by atoms with Crippen molar-refractivity contribution in [3.8, 4) is 28.0 Å². The van der Waals surface area contributed by atoms with Crippen molar-refractivity contribution in [3.05, 3.63) is 76.2 Å². The summed E-state index contributed by atoms with van der Waals surface area (Å²) in [6.45, 7) is 9.20. The van der Waals surface area contributed by atoms with Crippen LogP contribution in [0.15, 0.2) is 42.6 Å². The molecule has 6 rings (SSSR count). The monoisotopic (exact) mass is 604 g/mol. The van der Waals surface area contributed by atoms with Gasteiger partial charge in [-0.3, -0.25) is 9.29 Å². The molecule has 224 valence electrons. The molecule has 0 radical (unpaired) electrons. The second-order valence-electron chi connectivity index (χ2n) is 12.2. The first-order valence-corrected chi connectivity index (χ1v) is 15.9. The van der Waals surface area contributed by atoms with Crippen LogP contribution in [0, 0.1) is 19.7 Å². The Morgan fingerprint density at radius 3 is 2.49 bits per heavy atom. The van der Waals surface area contributed by atoms with Gasteiger partial charge in [0.05, 0.1) is 36.2 Å². The average Bonchev–Trinajstić information content (AvgIpc) is 2.93. The number of anilines is 1. The molecule has 1 atom stereocenters. The molecule has 8 nitrogen and oxygen atoms in total. The molecule has 0 saturated heterocycles. The van der Waals surface area contributed by atoms with Crippen LogP contribution in [0.3, 0.4) is 0 Å². The normalized spacial score (nSPS) is 15.1. The zero-order chi connectivity index (χ0) is 31.0. The van der Waals surface area contributed by atoms with Gasteiger partial charge in [0, 0.05) is 40.3 Å². The predicted molar refractivity (Wildman–Crippen MR) is 163 cm³/mol. The molecule has 3 heterocycles. The van der Waals surface area contributed by atoms with Crippen LogP contribution >= 0.6 is 0 Å². The van der Waals surface area contributed by atoms with Gasteiger partial charge in [-0.15, -0.1) is 0 Å². The smallest absolute Gasteiger partial charge is 0.337 e. The van der Waals surface area contributed by atoms with E-state index in [2.05, 4.69) is 0 Å². The Kier molecular flexibility index (Phi) is 6.78. The number of carbonyl (C=O) groups is 1. The molecule has 0 bridgehead atoms. The molecule has 2 aliphatic rings. The average molecular weight is 605 g/mol. The first kappa shape index (κ1) is 29.1. The summed E-state index contributed by atoms with van der Waals surface area (Å²) >= 11 is 0. The zero-order valence-electron chi connectivity index (χ0n) is 24.9. The van der Waals surface area contributed by atoms with Crippen molar-refractivity contribution in [2.45, 2.75) is 59.3 Å². The number of ether oxygens (including phenoxy) is 2. The highest BCUT2D eigenvalue weighted by Gasteiger charge is 2.39. The second kappa shape index (κ2) is 10.0. The summed E-state index contributed by atoms with van der Waals surface area (Å²) in [5.74, 6) is -1.04. The van der Waals surface area contributed by atoms with Crippen LogP contribution in [0.1, 0.15) is 54.7 Å². The molecule has 0 fully saturated rings. The number of carboxylic acid groups (broad SMARTS) is 1. The van der Waals surface area contributed by atoms with Crippen molar-refractivity contribution in [2.75, 3.05) is 17.2 Å². The van der Waals surface area contributed by atoms with E-state index in [0.717, 1.165) is 17.2 Å². The van der Waals surface area contributed by atoms with Gasteiger partial charge in [-0.2, -0.15) is 0 Å². The van der Waals surface area contributed by atoms with Gasteiger partial charge in [-0.05, 0) is 86.7 Å². The molecular weight excluding hydrogens is 571 g/mol. The summed E-state index contributed by atoms with van der Waals surface area (Å²) in [5, 5.41) is 11.4. The number of aromatic nitrogens is 1. The lowest BCUT2D eigenvalue weighted by molar-refractivity contribution is -0.160. The fourth-order valence-corrected chi connectivity index (χ4v) is 7.42. The predicted octanol–water partition coefficient (Wildman–Crippen LogP) is 6.48. The van der Waals surface area contributed by atoms with E-state index in [0.29, 0.717) is 68.8 Å². The molecular formula is C33H33FN2O6S. The highest BCUT2D eigenvalue weighted by molar-refractivity contribution is 7.92. The summed E-state index contributed by atoms with van der Waals surface area (Å²) in [6.07, 6.45) is 2.04. The standard InChI is InChI=1S/C33H33FN2O6S/c1-17-24(21-10-11-23-28-19(13-15-41-23)12-14-35-29(21)28)26(31(32(37)38)42-33(3,4)5)18(2)30-25(17)27-20(8-7-9-22(27)34)16-36(30)43(6,39)40/h7-12,14,31H,13,15-16H2,1-6H3,(H,37,38)/t31-/m0/s1. The van der Waals surface area contributed by atoms with Crippen LogP contribution < -0.4 is 9.04 Å².